The lowest BCUT2D eigenvalue weighted by Gasteiger charge is -2.16. The van der Waals surface area contributed by atoms with Crippen molar-refractivity contribution in [2.24, 2.45) is 17.2 Å². The van der Waals surface area contributed by atoms with Crippen LogP contribution in [0.2, 0.25) is 0 Å². The van der Waals surface area contributed by atoms with Crippen LogP contribution in [0.1, 0.15) is 0 Å². The van der Waals surface area contributed by atoms with Crippen LogP contribution < -0.4 is 22.5 Å². The van der Waals surface area contributed by atoms with E-state index in [1.165, 1.54) is 0 Å². The van der Waals surface area contributed by atoms with Crippen molar-refractivity contribution in [3.05, 3.63) is 0 Å². The Morgan fingerprint density at radius 3 is 2.11 bits per heavy atom. The van der Waals surface area contributed by atoms with Gasteiger partial charge in [0.15, 0.2) is 0 Å². The van der Waals surface area contributed by atoms with E-state index < -0.39 is 11.9 Å². The van der Waals surface area contributed by atoms with Gasteiger partial charge in [-0.2, -0.15) is 0 Å². The van der Waals surface area contributed by atoms with E-state index in [0.29, 0.717) is 0 Å². The summed E-state index contributed by atoms with van der Waals surface area (Å²) in [6, 6.07) is 0. The van der Waals surface area contributed by atoms with Gasteiger partial charge in [-0.25, -0.2) is 4.79 Å². The van der Waals surface area contributed by atoms with Crippen LogP contribution in [0.25, 0.3) is 0 Å². The minimum Gasteiger partial charge on any atom is -0.465 e. The molecule has 0 saturated heterocycles. The topological polar surface area (TPSA) is 127 Å². The highest BCUT2D eigenvalue weighted by Gasteiger charge is 2.11. The number of rotatable bonds is 2. The monoisotopic (exact) mass is 134 g/mol. The van der Waals surface area contributed by atoms with Gasteiger partial charge in [0.05, 0.1) is 6.54 Å². The zero-order valence-electron chi connectivity index (χ0n) is 4.79. The molecule has 0 fully saturated rings. The lowest BCUT2D eigenvalue weighted by atomic mass is 10.4. The van der Waals surface area contributed by atoms with Crippen molar-refractivity contribution in [1.29, 1.82) is 0 Å². The van der Waals surface area contributed by atoms with Gasteiger partial charge in [-0.15, -0.1) is 0 Å². The van der Waals surface area contributed by atoms with Crippen LogP contribution in [0.15, 0.2) is 0 Å². The van der Waals surface area contributed by atoms with E-state index >= 15 is 0 Å². The molecule has 0 saturated carbocycles. The average molecular weight is 134 g/mol. The Hall–Kier alpha value is -0.850. The second-order valence-corrected chi connectivity index (χ2v) is 1.77. The smallest absolute Gasteiger partial charge is 0.404 e. The van der Waals surface area contributed by atoms with E-state index in [1.54, 1.807) is 0 Å². The van der Waals surface area contributed by atoms with E-state index in [0.717, 1.165) is 0 Å². The van der Waals surface area contributed by atoms with E-state index in [2.05, 4.69) is 0 Å². The maximum Gasteiger partial charge on any atom is 0.404 e. The molecule has 0 aliphatic heterocycles. The average Bonchev–Trinajstić information content (AvgIpc) is 1.59. The highest BCUT2D eigenvalue weighted by atomic mass is 16.4. The van der Waals surface area contributed by atoms with Crippen LogP contribution in [0.5, 0.6) is 0 Å². The molecule has 0 radical (unpaired) electrons. The molecule has 0 aliphatic rings. The predicted octanol–water partition coefficient (Wildman–Crippen LogP) is -2.22. The minimum absolute atomic E-state index is 0.164. The molecule has 9 heavy (non-hydrogen) atoms. The number of hydrogen-bond acceptors (Lipinski definition) is 4. The fraction of sp³-hybridized carbons (Fsp3) is 0.667. The van der Waals surface area contributed by atoms with Crippen LogP contribution in [-0.4, -0.2) is 23.5 Å². The molecule has 0 aromatic heterocycles. The van der Waals surface area contributed by atoms with Gasteiger partial charge in [-0.05, 0) is 0 Å². The van der Waals surface area contributed by atoms with Crippen molar-refractivity contribution < 1.29 is 9.90 Å². The normalized spacial score (nSPS) is 11.0. The van der Waals surface area contributed by atoms with Gasteiger partial charge in [0, 0.05) is 0 Å². The lowest BCUT2D eigenvalue weighted by molar-refractivity contribution is 0.191. The van der Waals surface area contributed by atoms with Crippen molar-refractivity contribution in [3.63, 3.8) is 0 Å². The SMILES string of the molecule is NC(N)(N)CNC(=O)O. The molecule has 0 spiro atoms. The van der Waals surface area contributed by atoms with E-state index in [9.17, 15) is 4.79 Å². The molecule has 0 atom stereocenters. The Labute approximate surface area is 52.0 Å². The minimum atomic E-state index is -1.46. The van der Waals surface area contributed by atoms with Gasteiger partial charge in [-0.1, -0.05) is 0 Å². The summed E-state index contributed by atoms with van der Waals surface area (Å²) in [6.07, 6.45) is -1.19. The Morgan fingerprint density at radius 2 is 2.00 bits per heavy atom. The molecule has 6 nitrogen and oxygen atoms in total. The van der Waals surface area contributed by atoms with E-state index in [1.807, 2.05) is 5.32 Å². The first-order valence-electron chi connectivity index (χ1n) is 2.25. The highest BCUT2D eigenvalue weighted by molar-refractivity contribution is 5.64. The van der Waals surface area contributed by atoms with Crippen LogP contribution >= 0.6 is 0 Å². The van der Waals surface area contributed by atoms with Crippen LogP contribution in [0.3, 0.4) is 0 Å². The van der Waals surface area contributed by atoms with Gasteiger partial charge in [0.1, 0.15) is 5.79 Å². The Balaban J connectivity index is 3.39. The third kappa shape index (κ3) is 7.15. The lowest BCUT2D eigenvalue weighted by Crippen LogP contribution is -2.64. The van der Waals surface area contributed by atoms with Crippen molar-refractivity contribution in [3.8, 4) is 0 Å². The maximum absolute atomic E-state index is 9.77. The number of nitrogens with one attached hydrogen (secondary N) is 1. The summed E-state index contributed by atoms with van der Waals surface area (Å²) in [5, 5.41) is 9.93. The first-order valence-corrected chi connectivity index (χ1v) is 2.25. The fourth-order valence-electron chi connectivity index (χ4n) is 0.229. The number of carbonyl (C=O) groups is 1. The van der Waals surface area contributed by atoms with Crippen molar-refractivity contribution in [2.45, 2.75) is 5.79 Å². The standard InChI is InChI=1S/C3H10N4O2/c4-3(5,6)1-7-2(8)9/h7H,1,4-6H2,(H,8,9). The number of nitrogens with two attached hydrogens (primary N) is 3. The zero-order chi connectivity index (χ0) is 7.49. The molecule has 1 amide bonds. The van der Waals surface area contributed by atoms with Crippen LogP contribution in [0.4, 0.5) is 4.79 Å². The molecule has 0 unspecified atom stereocenters. The summed E-state index contributed by atoms with van der Waals surface area (Å²) < 4.78 is 0. The molecular formula is C3H10N4O2. The Kier molecular flexibility index (Phi) is 2.38. The fourth-order valence-corrected chi connectivity index (χ4v) is 0.229. The first-order chi connectivity index (χ1) is 3.92. The molecular weight excluding hydrogens is 124 g/mol. The zero-order valence-corrected chi connectivity index (χ0v) is 4.79. The highest BCUT2D eigenvalue weighted by Crippen LogP contribution is 1.71. The predicted molar refractivity (Wildman–Crippen MR) is 31.3 cm³/mol. The summed E-state index contributed by atoms with van der Waals surface area (Å²) in [6.45, 7) is -0.164. The molecule has 0 bridgehead atoms. The Bertz CT molecular complexity index is 107. The molecule has 0 aromatic carbocycles. The van der Waals surface area contributed by atoms with Gasteiger partial charge in [0.25, 0.3) is 0 Å². The second kappa shape index (κ2) is 2.62. The van der Waals surface area contributed by atoms with Gasteiger partial charge in [0.2, 0.25) is 0 Å². The number of hydrogen-bond donors (Lipinski definition) is 5. The van der Waals surface area contributed by atoms with Crippen molar-refractivity contribution >= 4 is 6.09 Å². The quantitative estimate of drug-likeness (QED) is 0.273. The van der Waals surface area contributed by atoms with Gasteiger partial charge >= 0.3 is 6.09 Å². The van der Waals surface area contributed by atoms with Crippen molar-refractivity contribution in [2.75, 3.05) is 6.54 Å². The largest absolute Gasteiger partial charge is 0.465 e. The third-order valence-electron chi connectivity index (χ3n) is 0.546. The molecule has 0 heterocycles. The summed E-state index contributed by atoms with van der Waals surface area (Å²) in [5.74, 6) is -1.46. The molecule has 54 valence electrons. The molecule has 0 aliphatic carbocycles. The molecule has 6 heteroatoms. The Morgan fingerprint density at radius 1 is 1.56 bits per heavy atom. The summed E-state index contributed by atoms with van der Waals surface area (Å²) in [4.78, 5) is 9.77. The molecule has 8 N–H and O–H groups in total. The number of carboxylic acid groups (broad SMARTS) is 1. The maximum atomic E-state index is 9.77. The van der Waals surface area contributed by atoms with Crippen molar-refractivity contribution in [1.82, 2.24) is 5.32 Å². The molecule has 0 aromatic rings. The molecule has 0 rings (SSSR count). The third-order valence-corrected chi connectivity index (χ3v) is 0.546. The van der Waals surface area contributed by atoms with Crippen LogP contribution in [0, 0.1) is 0 Å². The second-order valence-electron chi connectivity index (χ2n) is 1.77. The van der Waals surface area contributed by atoms with E-state index in [4.69, 9.17) is 22.3 Å². The van der Waals surface area contributed by atoms with Gasteiger partial charge < -0.3 is 10.4 Å². The van der Waals surface area contributed by atoms with Crippen LogP contribution in [-0.2, 0) is 0 Å². The summed E-state index contributed by atoms with van der Waals surface area (Å²) in [7, 11) is 0. The van der Waals surface area contributed by atoms with E-state index in [-0.39, 0.29) is 6.54 Å². The summed E-state index contributed by atoms with van der Waals surface area (Å²) >= 11 is 0. The summed E-state index contributed by atoms with van der Waals surface area (Å²) in [5.41, 5.74) is 15.0. The van der Waals surface area contributed by atoms with Gasteiger partial charge in [-0.3, -0.25) is 17.2 Å². The number of amides is 1. The first kappa shape index (κ1) is 8.15.